The molecule has 156 valence electrons. The van der Waals surface area contributed by atoms with Crippen LogP contribution in [0.15, 0.2) is 77.2 Å². The summed E-state index contributed by atoms with van der Waals surface area (Å²) in [6.07, 6.45) is 0.847. The predicted molar refractivity (Wildman–Crippen MR) is 117 cm³/mol. The van der Waals surface area contributed by atoms with Gasteiger partial charge in [0.25, 0.3) is 0 Å². The minimum absolute atomic E-state index is 0.304. The quantitative estimate of drug-likeness (QED) is 0.461. The Morgan fingerprint density at radius 1 is 1.00 bits per heavy atom. The van der Waals surface area contributed by atoms with Crippen LogP contribution in [0.25, 0.3) is 22.3 Å². The third-order valence-corrected chi connectivity index (χ3v) is 5.87. The number of fused-ring (bicyclic) bond motifs is 1. The fraction of sp³-hybridized carbons (Fsp3) is 0.192. The average Bonchev–Trinajstić information content (AvgIpc) is 3.15. The molecule has 1 saturated heterocycles. The number of rotatable bonds is 6. The first-order valence-corrected chi connectivity index (χ1v) is 10.4. The molecule has 0 spiro atoms. The Morgan fingerprint density at radius 2 is 1.81 bits per heavy atom. The van der Waals surface area contributed by atoms with Crippen LogP contribution in [-0.4, -0.2) is 29.1 Å². The van der Waals surface area contributed by atoms with Crippen molar-refractivity contribution < 1.29 is 18.7 Å². The fourth-order valence-corrected chi connectivity index (χ4v) is 4.10. The Bertz CT molecular complexity index is 1240. The normalized spacial score (nSPS) is 14.6. The first-order valence-electron chi connectivity index (χ1n) is 10.4. The van der Waals surface area contributed by atoms with Crippen molar-refractivity contribution in [1.29, 1.82) is 0 Å². The zero-order valence-electron chi connectivity index (χ0n) is 16.9. The molecule has 0 radical (unpaired) electrons. The topological polar surface area (TPSA) is 53.7 Å². The van der Waals surface area contributed by atoms with Crippen molar-refractivity contribution in [1.82, 2.24) is 4.90 Å². The number of hydrogen-bond acceptors (Lipinski definition) is 3. The third-order valence-electron chi connectivity index (χ3n) is 5.87. The van der Waals surface area contributed by atoms with E-state index in [-0.39, 0.29) is 11.7 Å². The Hall–Kier alpha value is -3.44. The summed E-state index contributed by atoms with van der Waals surface area (Å²) in [6.45, 7) is 1.34. The number of carbonyl (C=O) groups is 1. The number of furan rings is 1. The molecule has 1 aliphatic heterocycles. The van der Waals surface area contributed by atoms with Gasteiger partial charge in [0.05, 0.1) is 5.92 Å². The van der Waals surface area contributed by atoms with Crippen LogP contribution >= 0.6 is 0 Å². The van der Waals surface area contributed by atoms with Gasteiger partial charge in [0.1, 0.15) is 17.2 Å². The maximum Gasteiger partial charge on any atom is 0.309 e. The van der Waals surface area contributed by atoms with E-state index in [0.29, 0.717) is 36.5 Å². The monoisotopic (exact) mass is 415 g/mol. The summed E-state index contributed by atoms with van der Waals surface area (Å²) < 4.78 is 20.7. The zero-order valence-corrected chi connectivity index (χ0v) is 16.9. The van der Waals surface area contributed by atoms with Gasteiger partial charge in [-0.25, -0.2) is 4.39 Å². The van der Waals surface area contributed by atoms with E-state index in [0.717, 1.165) is 17.4 Å². The number of carboxylic acid groups (broad SMARTS) is 1. The Labute approximate surface area is 179 Å². The van der Waals surface area contributed by atoms with Crippen LogP contribution in [0.1, 0.15) is 16.7 Å². The summed E-state index contributed by atoms with van der Waals surface area (Å²) in [7, 11) is 0. The van der Waals surface area contributed by atoms with E-state index in [2.05, 4.69) is 24.3 Å². The van der Waals surface area contributed by atoms with Crippen molar-refractivity contribution in [2.45, 2.75) is 13.0 Å². The van der Waals surface area contributed by atoms with Crippen molar-refractivity contribution in [2.24, 2.45) is 5.92 Å². The van der Waals surface area contributed by atoms with E-state index in [4.69, 9.17) is 9.52 Å². The molecule has 5 heteroatoms. The molecule has 0 unspecified atom stereocenters. The lowest BCUT2D eigenvalue weighted by atomic mass is 9.99. The van der Waals surface area contributed by atoms with E-state index < -0.39 is 5.97 Å². The van der Waals surface area contributed by atoms with E-state index >= 15 is 0 Å². The van der Waals surface area contributed by atoms with Crippen LogP contribution in [-0.2, 0) is 17.8 Å². The number of hydrogen-bond donors (Lipinski definition) is 1. The van der Waals surface area contributed by atoms with Crippen LogP contribution in [0.2, 0.25) is 0 Å². The molecule has 4 nitrogen and oxygen atoms in total. The second-order valence-electron chi connectivity index (χ2n) is 8.18. The van der Waals surface area contributed by atoms with Gasteiger partial charge < -0.3 is 9.52 Å². The van der Waals surface area contributed by atoms with Crippen LogP contribution in [0.3, 0.4) is 0 Å². The van der Waals surface area contributed by atoms with Crippen LogP contribution < -0.4 is 0 Å². The van der Waals surface area contributed by atoms with Gasteiger partial charge >= 0.3 is 5.97 Å². The van der Waals surface area contributed by atoms with Crippen LogP contribution in [0.4, 0.5) is 4.39 Å². The molecule has 31 heavy (non-hydrogen) atoms. The summed E-state index contributed by atoms with van der Waals surface area (Å²) in [6, 6.07) is 23.5. The summed E-state index contributed by atoms with van der Waals surface area (Å²) in [4.78, 5) is 12.9. The van der Waals surface area contributed by atoms with E-state index in [1.165, 1.54) is 17.2 Å². The standard InChI is InChI=1S/C26H22FNO3/c27-23-12-19(7-8-20(23)14-28-15-22(16-28)26(29)30)25-13-21-11-18(6-9-24(21)31-25)10-17-4-2-1-3-5-17/h1-9,11-13,22H,10,14-16H2,(H,29,30). The minimum atomic E-state index is -0.788. The smallest absolute Gasteiger partial charge is 0.309 e. The number of aliphatic carboxylic acids is 1. The maximum absolute atomic E-state index is 14.7. The third kappa shape index (κ3) is 4.09. The van der Waals surface area contributed by atoms with Gasteiger partial charge in [0, 0.05) is 36.1 Å². The second kappa shape index (κ2) is 8.00. The van der Waals surface area contributed by atoms with Crippen molar-refractivity contribution >= 4 is 16.9 Å². The lowest BCUT2D eigenvalue weighted by molar-refractivity contribution is -0.147. The number of halogens is 1. The lowest BCUT2D eigenvalue weighted by Crippen LogP contribution is -2.49. The van der Waals surface area contributed by atoms with Gasteiger partial charge in [-0.3, -0.25) is 9.69 Å². The van der Waals surface area contributed by atoms with Crippen molar-refractivity contribution in [3.05, 3.63) is 95.3 Å². The molecule has 0 saturated carbocycles. The molecule has 3 aromatic carbocycles. The molecule has 0 atom stereocenters. The lowest BCUT2D eigenvalue weighted by Gasteiger charge is -2.36. The van der Waals surface area contributed by atoms with Gasteiger partial charge in [-0.2, -0.15) is 0 Å². The van der Waals surface area contributed by atoms with Crippen molar-refractivity contribution in [2.75, 3.05) is 13.1 Å². The highest BCUT2D eigenvalue weighted by atomic mass is 19.1. The molecule has 0 aliphatic carbocycles. The highest BCUT2D eigenvalue weighted by Crippen LogP contribution is 2.30. The summed E-state index contributed by atoms with van der Waals surface area (Å²) in [5, 5.41) is 9.97. The summed E-state index contributed by atoms with van der Waals surface area (Å²) in [5.74, 6) is -0.803. The molecule has 4 aromatic rings. The molecule has 0 bridgehead atoms. The summed E-state index contributed by atoms with van der Waals surface area (Å²) >= 11 is 0. The Kier molecular flexibility index (Phi) is 5.04. The van der Waals surface area contributed by atoms with E-state index in [9.17, 15) is 9.18 Å². The highest BCUT2D eigenvalue weighted by Gasteiger charge is 2.32. The minimum Gasteiger partial charge on any atom is -0.481 e. The predicted octanol–water partition coefficient (Wildman–Crippen LogP) is 5.35. The molecule has 1 fully saturated rings. The second-order valence-corrected chi connectivity index (χ2v) is 8.18. The Morgan fingerprint density at radius 3 is 2.55 bits per heavy atom. The molecule has 2 heterocycles. The molecular formula is C26H22FNO3. The molecular weight excluding hydrogens is 393 g/mol. The first-order chi connectivity index (χ1) is 15.0. The molecule has 1 N–H and O–H groups in total. The van der Waals surface area contributed by atoms with Crippen molar-refractivity contribution in [3.8, 4) is 11.3 Å². The SMILES string of the molecule is O=C(O)C1CN(Cc2ccc(-c3cc4cc(Cc5ccccc5)ccc4o3)cc2F)C1. The molecule has 0 amide bonds. The Balaban J connectivity index is 1.33. The first kappa shape index (κ1) is 19.5. The number of benzene rings is 3. The highest BCUT2D eigenvalue weighted by molar-refractivity contribution is 5.83. The van der Waals surface area contributed by atoms with Crippen LogP contribution in [0.5, 0.6) is 0 Å². The van der Waals surface area contributed by atoms with Gasteiger partial charge in [0.15, 0.2) is 0 Å². The molecule has 5 rings (SSSR count). The number of carboxylic acids is 1. The van der Waals surface area contributed by atoms with Gasteiger partial charge in [-0.05, 0) is 41.8 Å². The number of nitrogens with zero attached hydrogens (tertiary/aromatic N) is 1. The number of likely N-dealkylation sites (tertiary alicyclic amines) is 1. The van der Waals surface area contributed by atoms with Gasteiger partial charge in [-0.15, -0.1) is 0 Å². The van der Waals surface area contributed by atoms with Gasteiger partial charge in [-0.1, -0.05) is 48.5 Å². The average molecular weight is 415 g/mol. The van der Waals surface area contributed by atoms with Crippen LogP contribution in [0, 0.1) is 11.7 Å². The maximum atomic E-state index is 14.7. The van der Waals surface area contributed by atoms with Crippen molar-refractivity contribution in [3.63, 3.8) is 0 Å². The fourth-order valence-electron chi connectivity index (χ4n) is 4.10. The van der Waals surface area contributed by atoms with E-state index in [1.54, 1.807) is 6.07 Å². The summed E-state index contributed by atoms with van der Waals surface area (Å²) in [5.41, 5.74) is 4.47. The zero-order chi connectivity index (χ0) is 21.4. The molecule has 1 aromatic heterocycles. The van der Waals surface area contributed by atoms with E-state index in [1.807, 2.05) is 41.3 Å². The molecule has 1 aliphatic rings. The largest absolute Gasteiger partial charge is 0.481 e. The van der Waals surface area contributed by atoms with Gasteiger partial charge in [0.2, 0.25) is 0 Å².